The van der Waals surface area contributed by atoms with Crippen molar-refractivity contribution in [1.29, 1.82) is 5.41 Å². The van der Waals surface area contributed by atoms with Crippen molar-refractivity contribution in [2.45, 2.75) is 32.3 Å². The Morgan fingerprint density at radius 3 is 2.38 bits per heavy atom. The molecule has 1 saturated carbocycles. The van der Waals surface area contributed by atoms with Crippen molar-refractivity contribution in [3.05, 3.63) is 71.8 Å². The van der Waals surface area contributed by atoms with E-state index in [2.05, 4.69) is 5.32 Å². The third-order valence-corrected chi connectivity index (χ3v) is 5.48. The predicted molar refractivity (Wildman–Crippen MR) is 123 cm³/mol. The number of nitrogens with two attached hydrogens (primary N) is 1. The smallest absolute Gasteiger partial charge is 0.407 e. The van der Waals surface area contributed by atoms with Gasteiger partial charge in [-0.2, -0.15) is 0 Å². The van der Waals surface area contributed by atoms with Crippen LogP contribution in [0.2, 0.25) is 0 Å². The largest absolute Gasteiger partial charge is 0.445 e. The van der Waals surface area contributed by atoms with E-state index in [1.54, 1.807) is 18.2 Å². The van der Waals surface area contributed by atoms with Gasteiger partial charge in [0.05, 0.1) is 5.92 Å². The molecule has 1 aliphatic rings. The Balaban J connectivity index is 1.35. The van der Waals surface area contributed by atoms with E-state index >= 15 is 0 Å². The lowest BCUT2D eigenvalue weighted by Crippen LogP contribution is -2.33. The molecule has 0 aromatic heterocycles. The number of hydrogen-bond donors (Lipinski definition) is 3. The lowest BCUT2D eigenvalue weighted by Gasteiger charge is -2.27. The molecule has 168 valence electrons. The van der Waals surface area contributed by atoms with Gasteiger partial charge in [0.2, 0.25) is 0 Å². The molecule has 7 nitrogen and oxygen atoms in total. The molecule has 1 amide bonds. The fourth-order valence-electron chi connectivity index (χ4n) is 3.64. The number of amides is 1. The van der Waals surface area contributed by atoms with Gasteiger partial charge in [-0.25, -0.2) is 4.79 Å². The van der Waals surface area contributed by atoms with Gasteiger partial charge in [-0.05, 0) is 60.9 Å². The summed E-state index contributed by atoms with van der Waals surface area (Å²) in [4.78, 5) is 24.4. The second kappa shape index (κ2) is 11.7. The molecular weight excluding hydrogens is 406 g/mol. The van der Waals surface area contributed by atoms with Gasteiger partial charge in [-0.3, -0.25) is 10.2 Å². The molecule has 0 saturated heterocycles. The Morgan fingerprint density at radius 1 is 1.03 bits per heavy atom. The van der Waals surface area contributed by atoms with E-state index < -0.39 is 6.09 Å². The monoisotopic (exact) mass is 435 g/mol. The predicted octanol–water partition coefficient (Wildman–Crippen LogP) is 4.27. The molecule has 0 spiro atoms. The van der Waals surface area contributed by atoms with Crippen molar-refractivity contribution in [2.24, 2.45) is 17.6 Å². The van der Waals surface area contributed by atoms with Gasteiger partial charge in [0.15, 0.2) is 0 Å². The topological polar surface area (TPSA) is 115 Å². The lowest BCUT2D eigenvalue weighted by atomic mass is 9.82. The zero-order valence-electron chi connectivity index (χ0n) is 18.0. The van der Waals surface area contributed by atoms with E-state index in [9.17, 15) is 9.59 Å². The maximum absolute atomic E-state index is 12.5. The second-order valence-electron chi connectivity index (χ2n) is 7.94. The van der Waals surface area contributed by atoms with E-state index in [1.807, 2.05) is 42.5 Å². The maximum Gasteiger partial charge on any atom is 0.407 e. The summed E-state index contributed by atoms with van der Waals surface area (Å²) in [5.41, 5.74) is 7.12. The summed E-state index contributed by atoms with van der Waals surface area (Å²) in [6.07, 6.45) is 5.99. The van der Waals surface area contributed by atoms with Crippen LogP contribution >= 0.6 is 0 Å². The normalized spacial score (nSPS) is 18.1. The van der Waals surface area contributed by atoms with Crippen LogP contribution in [0.15, 0.2) is 60.7 Å². The standard InChI is InChI=1S/C25H29N3O4/c26-23(27)15-10-18-8-13-22(14-9-18)32-24(29)21-11-6-19(7-12-21)16-28-25(30)31-17-20-4-2-1-3-5-20/h1-5,8-10,13-15,19,21H,6-7,11-12,16-17H2,(H3,26,27)(H,28,30)/b15-10+/t19-,21-. The van der Waals surface area contributed by atoms with Crippen LogP contribution in [-0.2, 0) is 16.1 Å². The fourth-order valence-corrected chi connectivity index (χ4v) is 3.64. The Kier molecular flexibility index (Phi) is 8.43. The molecule has 1 aliphatic carbocycles. The number of benzene rings is 2. The number of carbonyl (C=O) groups excluding carboxylic acids is 2. The van der Waals surface area contributed by atoms with Gasteiger partial charge in [0, 0.05) is 6.54 Å². The Labute approximate surface area is 188 Å². The van der Waals surface area contributed by atoms with Crippen molar-refractivity contribution in [3.63, 3.8) is 0 Å². The molecule has 0 heterocycles. The summed E-state index contributed by atoms with van der Waals surface area (Å²) in [6.45, 7) is 0.796. The Morgan fingerprint density at radius 2 is 1.72 bits per heavy atom. The lowest BCUT2D eigenvalue weighted by molar-refractivity contribution is -0.140. The molecule has 0 aliphatic heterocycles. The van der Waals surface area contributed by atoms with Crippen LogP contribution in [0.3, 0.4) is 0 Å². The van der Waals surface area contributed by atoms with Crippen molar-refractivity contribution < 1.29 is 19.1 Å². The molecular formula is C25H29N3O4. The van der Waals surface area contributed by atoms with Crippen LogP contribution in [0.4, 0.5) is 4.79 Å². The molecule has 0 unspecified atom stereocenters. The molecule has 1 fully saturated rings. The van der Waals surface area contributed by atoms with Gasteiger partial charge >= 0.3 is 12.1 Å². The highest BCUT2D eigenvalue weighted by Crippen LogP contribution is 2.30. The highest BCUT2D eigenvalue weighted by atomic mass is 16.5. The average Bonchev–Trinajstić information content (AvgIpc) is 2.82. The summed E-state index contributed by atoms with van der Waals surface area (Å²) in [7, 11) is 0. The van der Waals surface area contributed by atoms with Crippen LogP contribution in [0, 0.1) is 17.2 Å². The summed E-state index contributed by atoms with van der Waals surface area (Å²) in [5.74, 6) is 0.463. The molecule has 2 aromatic carbocycles. The van der Waals surface area contributed by atoms with E-state index in [0.29, 0.717) is 18.2 Å². The minimum absolute atomic E-state index is 0.0182. The first-order valence-corrected chi connectivity index (χ1v) is 10.8. The Bertz CT molecular complexity index is 933. The fraction of sp³-hybridized carbons (Fsp3) is 0.320. The SMILES string of the molecule is N=C(N)/C=C/c1ccc(OC(=O)[C@H]2CC[C@H](CNC(=O)OCc3ccccc3)CC2)cc1. The van der Waals surface area contributed by atoms with Crippen LogP contribution in [0.1, 0.15) is 36.8 Å². The number of alkyl carbamates (subject to hydrolysis) is 1. The van der Waals surface area contributed by atoms with Gasteiger partial charge in [0.1, 0.15) is 18.2 Å². The highest BCUT2D eigenvalue weighted by Gasteiger charge is 2.28. The Hall–Kier alpha value is -3.61. The molecule has 2 aromatic rings. The maximum atomic E-state index is 12.5. The minimum atomic E-state index is -0.419. The summed E-state index contributed by atoms with van der Waals surface area (Å²) in [6, 6.07) is 16.6. The summed E-state index contributed by atoms with van der Waals surface area (Å²) in [5, 5.41) is 10.0. The molecule has 32 heavy (non-hydrogen) atoms. The van der Waals surface area contributed by atoms with Gasteiger partial charge in [-0.15, -0.1) is 0 Å². The third-order valence-electron chi connectivity index (χ3n) is 5.48. The second-order valence-corrected chi connectivity index (χ2v) is 7.94. The number of nitrogens with one attached hydrogen (secondary N) is 2. The number of amidine groups is 1. The van der Waals surface area contributed by atoms with Gasteiger partial charge in [-0.1, -0.05) is 48.5 Å². The van der Waals surface area contributed by atoms with Crippen LogP contribution in [0.5, 0.6) is 5.75 Å². The molecule has 0 atom stereocenters. The van der Waals surface area contributed by atoms with Crippen molar-refractivity contribution in [3.8, 4) is 5.75 Å². The van der Waals surface area contributed by atoms with Crippen LogP contribution in [-0.4, -0.2) is 24.4 Å². The minimum Gasteiger partial charge on any atom is -0.445 e. The van der Waals surface area contributed by atoms with Crippen LogP contribution < -0.4 is 15.8 Å². The average molecular weight is 436 g/mol. The highest BCUT2D eigenvalue weighted by molar-refractivity contribution is 5.92. The third kappa shape index (κ3) is 7.58. The van der Waals surface area contributed by atoms with Crippen molar-refractivity contribution in [2.75, 3.05) is 6.54 Å². The molecule has 0 radical (unpaired) electrons. The number of hydrogen-bond acceptors (Lipinski definition) is 5. The van der Waals surface area contributed by atoms with E-state index in [-0.39, 0.29) is 24.3 Å². The van der Waals surface area contributed by atoms with Crippen molar-refractivity contribution >= 4 is 24.0 Å². The molecule has 3 rings (SSSR count). The van der Waals surface area contributed by atoms with E-state index in [0.717, 1.165) is 36.8 Å². The van der Waals surface area contributed by atoms with Crippen molar-refractivity contribution in [1.82, 2.24) is 5.32 Å². The van der Waals surface area contributed by atoms with E-state index in [1.165, 1.54) is 6.08 Å². The first-order valence-electron chi connectivity index (χ1n) is 10.8. The first kappa shape index (κ1) is 23.1. The summed E-state index contributed by atoms with van der Waals surface area (Å²) < 4.78 is 10.8. The summed E-state index contributed by atoms with van der Waals surface area (Å²) >= 11 is 0. The molecule has 0 bridgehead atoms. The number of carbonyl (C=O) groups is 2. The molecule has 4 N–H and O–H groups in total. The first-order chi connectivity index (χ1) is 15.5. The number of esters is 1. The zero-order chi connectivity index (χ0) is 22.8. The van der Waals surface area contributed by atoms with E-state index in [4.69, 9.17) is 20.6 Å². The van der Waals surface area contributed by atoms with Gasteiger partial charge < -0.3 is 20.5 Å². The quantitative estimate of drug-likeness (QED) is 0.248. The molecule has 7 heteroatoms. The number of ether oxygens (including phenoxy) is 2. The zero-order valence-corrected chi connectivity index (χ0v) is 18.0. The van der Waals surface area contributed by atoms with Gasteiger partial charge in [0.25, 0.3) is 0 Å². The van der Waals surface area contributed by atoms with Crippen LogP contribution in [0.25, 0.3) is 6.08 Å². The number of rotatable bonds is 8.